The normalized spacial score (nSPS) is 23.4. The third-order valence-corrected chi connectivity index (χ3v) is 5.56. The van der Waals surface area contributed by atoms with Gasteiger partial charge in [0.05, 0.1) is 6.04 Å². The highest BCUT2D eigenvalue weighted by molar-refractivity contribution is 5.85. The Bertz CT molecular complexity index is 839. The number of carboxylic acid groups (broad SMARTS) is 1. The number of benzene rings is 1. The van der Waals surface area contributed by atoms with Crippen molar-refractivity contribution < 1.29 is 19.1 Å². The molecule has 26 heavy (non-hydrogen) atoms. The zero-order valence-corrected chi connectivity index (χ0v) is 14.9. The van der Waals surface area contributed by atoms with Gasteiger partial charge in [0.1, 0.15) is 17.4 Å². The largest absolute Gasteiger partial charge is 0.480 e. The highest BCUT2D eigenvalue weighted by Gasteiger charge is 2.48. The number of nitrogens with one attached hydrogen (secondary N) is 1. The van der Waals surface area contributed by atoms with Crippen molar-refractivity contribution >= 4 is 22.8 Å². The van der Waals surface area contributed by atoms with E-state index in [0.717, 1.165) is 35.1 Å². The van der Waals surface area contributed by atoms with Crippen LogP contribution < -0.4 is 5.32 Å². The van der Waals surface area contributed by atoms with Crippen LogP contribution in [0.5, 0.6) is 0 Å². The first kappa shape index (κ1) is 17.1. The molecule has 1 saturated heterocycles. The monoisotopic (exact) mass is 356 g/mol. The summed E-state index contributed by atoms with van der Waals surface area (Å²) in [5.41, 5.74) is 1.99. The number of hydrogen-bond acceptors (Lipinski definition) is 4. The van der Waals surface area contributed by atoms with Gasteiger partial charge in [0.25, 0.3) is 0 Å². The van der Waals surface area contributed by atoms with Gasteiger partial charge in [0, 0.05) is 23.5 Å². The van der Waals surface area contributed by atoms with Gasteiger partial charge >= 0.3 is 5.97 Å². The molecule has 1 aromatic carbocycles. The molecule has 6 heteroatoms. The number of hydrogen-bond donors (Lipinski definition) is 2. The van der Waals surface area contributed by atoms with E-state index < -0.39 is 12.0 Å². The zero-order valence-electron chi connectivity index (χ0n) is 14.9. The highest BCUT2D eigenvalue weighted by atomic mass is 16.4. The van der Waals surface area contributed by atoms with Gasteiger partial charge in [0.15, 0.2) is 0 Å². The Balaban J connectivity index is 1.39. The number of likely N-dealkylation sites (tertiary alicyclic amines) is 1. The van der Waals surface area contributed by atoms with E-state index in [-0.39, 0.29) is 18.0 Å². The van der Waals surface area contributed by atoms with E-state index in [1.165, 1.54) is 0 Å². The zero-order chi connectivity index (χ0) is 18.3. The highest BCUT2D eigenvalue weighted by Crippen LogP contribution is 2.37. The molecule has 2 aromatic rings. The van der Waals surface area contributed by atoms with Gasteiger partial charge in [0.2, 0.25) is 5.91 Å². The van der Waals surface area contributed by atoms with Gasteiger partial charge < -0.3 is 14.8 Å². The van der Waals surface area contributed by atoms with Crippen LogP contribution in [0.4, 0.5) is 0 Å². The first-order chi connectivity index (χ1) is 12.6. The maximum absolute atomic E-state index is 12.7. The summed E-state index contributed by atoms with van der Waals surface area (Å²) >= 11 is 0. The summed E-state index contributed by atoms with van der Waals surface area (Å²) < 4.78 is 5.77. The van der Waals surface area contributed by atoms with Crippen molar-refractivity contribution in [1.29, 1.82) is 0 Å². The van der Waals surface area contributed by atoms with Crippen molar-refractivity contribution in [3.8, 4) is 0 Å². The number of carboxylic acids is 1. The summed E-state index contributed by atoms with van der Waals surface area (Å²) in [6.45, 7) is 2.47. The molecule has 1 amide bonds. The van der Waals surface area contributed by atoms with Gasteiger partial charge in [-0.05, 0) is 45.1 Å². The lowest BCUT2D eigenvalue weighted by molar-refractivity contribution is -0.143. The maximum atomic E-state index is 12.7. The molecular weight excluding hydrogens is 332 g/mol. The standard InChI is InChI=1S/C20H24N2O4/c1-12-14(15-4-2-3-5-18(15)26-12)10-11-21-19(23)16-8-9-17(20(24)25)22(16)13-6-7-13/h2-5,13,16-17H,6-11H2,1H3,(H,21,23)(H,24,25). The number of para-hydroxylation sites is 1. The molecule has 2 fully saturated rings. The van der Waals surface area contributed by atoms with Crippen LogP contribution in [-0.2, 0) is 16.0 Å². The van der Waals surface area contributed by atoms with E-state index in [1.807, 2.05) is 36.1 Å². The molecule has 2 heterocycles. The quantitative estimate of drug-likeness (QED) is 0.831. The molecule has 2 N–H and O–H groups in total. The Morgan fingerprint density at radius 1 is 1.19 bits per heavy atom. The van der Waals surface area contributed by atoms with Crippen molar-refractivity contribution in [3.05, 3.63) is 35.6 Å². The van der Waals surface area contributed by atoms with E-state index in [4.69, 9.17) is 4.42 Å². The molecule has 1 aliphatic carbocycles. The van der Waals surface area contributed by atoms with E-state index in [1.54, 1.807) is 0 Å². The molecule has 0 radical (unpaired) electrons. The van der Waals surface area contributed by atoms with Gasteiger partial charge in [-0.1, -0.05) is 18.2 Å². The van der Waals surface area contributed by atoms with E-state index in [9.17, 15) is 14.7 Å². The Morgan fingerprint density at radius 3 is 2.65 bits per heavy atom. The molecule has 0 bridgehead atoms. The van der Waals surface area contributed by atoms with Gasteiger partial charge in [-0.2, -0.15) is 0 Å². The summed E-state index contributed by atoms with van der Waals surface area (Å²) in [6.07, 6.45) is 3.86. The third-order valence-electron chi connectivity index (χ3n) is 5.56. The van der Waals surface area contributed by atoms with Crippen LogP contribution in [0.1, 0.15) is 37.0 Å². The van der Waals surface area contributed by atoms with E-state index in [2.05, 4.69) is 5.32 Å². The van der Waals surface area contributed by atoms with E-state index >= 15 is 0 Å². The van der Waals surface area contributed by atoms with Crippen LogP contribution in [0, 0.1) is 6.92 Å². The molecule has 0 spiro atoms. The number of fused-ring (bicyclic) bond motifs is 1. The number of aliphatic carboxylic acids is 1. The molecule has 2 unspecified atom stereocenters. The van der Waals surface area contributed by atoms with Gasteiger partial charge in [-0.15, -0.1) is 0 Å². The Hall–Kier alpha value is -2.34. The first-order valence-electron chi connectivity index (χ1n) is 9.31. The minimum Gasteiger partial charge on any atom is -0.480 e. The average molecular weight is 356 g/mol. The molecule has 138 valence electrons. The second-order valence-electron chi connectivity index (χ2n) is 7.30. The topological polar surface area (TPSA) is 82.8 Å². The summed E-state index contributed by atoms with van der Waals surface area (Å²) in [7, 11) is 0. The van der Waals surface area contributed by atoms with Crippen LogP contribution in [-0.4, -0.2) is 46.6 Å². The van der Waals surface area contributed by atoms with Crippen molar-refractivity contribution in [2.45, 2.75) is 57.2 Å². The number of carbonyl (C=O) groups excluding carboxylic acids is 1. The molecule has 2 aliphatic rings. The van der Waals surface area contributed by atoms with Crippen molar-refractivity contribution in [3.63, 3.8) is 0 Å². The van der Waals surface area contributed by atoms with Gasteiger partial charge in [-0.25, -0.2) is 0 Å². The second-order valence-corrected chi connectivity index (χ2v) is 7.30. The van der Waals surface area contributed by atoms with E-state index in [0.29, 0.717) is 25.8 Å². The lowest BCUT2D eigenvalue weighted by Gasteiger charge is -2.27. The minimum absolute atomic E-state index is 0.0499. The fourth-order valence-corrected chi connectivity index (χ4v) is 4.19. The Labute approximate surface area is 152 Å². The van der Waals surface area contributed by atoms with Crippen LogP contribution in [0.2, 0.25) is 0 Å². The smallest absolute Gasteiger partial charge is 0.320 e. The summed E-state index contributed by atoms with van der Waals surface area (Å²) in [5, 5.41) is 13.5. The third kappa shape index (κ3) is 3.09. The number of amides is 1. The summed E-state index contributed by atoms with van der Waals surface area (Å²) in [5.74, 6) is 0.0191. The molecule has 1 aromatic heterocycles. The fraction of sp³-hybridized carbons (Fsp3) is 0.500. The number of carbonyl (C=O) groups is 2. The van der Waals surface area contributed by atoms with Crippen LogP contribution in [0.15, 0.2) is 28.7 Å². The average Bonchev–Trinajstić information content (AvgIpc) is 3.27. The van der Waals surface area contributed by atoms with Crippen LogP contribution >= 0.6 is 0 Å². The maximum Gasteiger partial charge on any atom is 0.320 e. The predicted octanol–water partition coefficient (Wildman–Crippen LogP) is 2.48. The summed E-state index contributed by atoms with van der Waals surface area (Å²) in [4.78, 5) is 26.1. The first-order valence-corrected chi connectivity index (χ1v) is 9.31. The van der Waals surface area contributed by atoms with Crippen LogP contribution in [0.3, 0.4) is 0 Å². The lowest BCUT2D eigenvalue weighted by Crippen LogP contribution is -2.49. The lowest BCUT2D eigenvalue weighted by atomic mass is 10.1. The van der Waals surface area contributed by atoms with Crippen LogP contribution in [0.25, 0.3) is 11.0 Å². The summed E-state index contributed by atoms with van der Waals surface area (Å²) in [6, 6.07) is 7.34. The van der Waals surface area contributed by atoms with Crippen molar-refractivity contribution in [1.82, 2.24) is 10.2 Å². The fourth-order valence-electron chi connectivity index (χ4n) is 4.19. The number of rotatable bonds is 6. The number of aryl methyl sites for hydroxylation is 1. The predicted molar refractivity (Wildman–Crippen MR) is 97.0 cm³/mol. The molecular formula is C20H24N2O4. The molecule has 1 aliphatic heterocycles. The second kappa shape index (κ2) is 6.76. The SMILES string of the molecule is Cc1oc2ccccc2c1CCNC(=O)C1CCC(C(=O)O)N1C1CC1. The minimum atomic E-state index is -0.812. The number of furan rings is 1. The molecule has 1 saturated carbocycles. The molecule has 6 nitrogen and oxygen atoms in total. The molecule has 4 rings (SSSR count). The molecule has 2 atom stereocenters. The number of nitrogens with zero attached hydrogens (tertiary/aromatic N) is 1. The Morgan fingerprint density at radius 2 is 1.92 bits per heavy atom. The van der Waals surface area contributed by atoms with Crippen molar-refractivity contribution in [2.75, 3.05) is 6.54 Å². The van der Waals surface area contributed by atoms with Crippen molar-refractivity contribution in [2.24, 2.45) is 0 Å². The van der Waals surface area contributed by atoms with Gasteiger partial charge in [-0.3, -0.25) is 14.5 Å². The Kier molecular flexibility index (Phi) is 4.44.